The van der Waals surface area contributed by atoms with E-state index in [2.05, 4.69) is 24.2 Å². The van der Waals surface area contributed by atoms with E-state index in [1.165, 1.54) is 7.11 Å². The lowest BCUT2D eigenvalue weighted by atomic mass is 10.0. The summed E-state index contributed by atoms with van der Waals surface area (Å²) in [5, 5.41) is 8.08. The van der Waals surface area contributed by atoms with E-state index in [1.54, 1.807) is 0 Å². The molecule has 0 aromatic carbocycles. The Bertz CT molecular complexity index is 395. The molecule has 0 atom stereocenters. The number of methoxy groups -OCH3 is 1. The van der Waals surface area contributed by atoms with Crippen molar-refractivity contribution in [1.29, 1.82) is 0 Å². The summed E-state index contributed by atoms with van der Waals surface area (Å²) in [6, 6.07) is 0. The molecule has 0 amide bonds. The van der Waals surface area contributed by atoms with E-state index in [0.29, 0.717) is 11.6 Å². The first kappa shape index (κ1) is 14.7. The van der Waals surface area contributed by atoms with Gasteiger partial charge in [0.1, 0.15) is 0 Å². The smallest absolute Gasteiger partial charge is 0.360 e. The molecule has 1 heterocycles. The highest BCUT2D eigenvalue weighted by molar-refractivity contribution is 5.88. The fourth-order valence-corrected chi connectivity index (χ4v) is 2.06. The van der Waals surface area contributed by atoms with Crippen LogP contribution in [-0.4, -0.2) is 28.1 Å². The highest BCUT2D eigenvalue weighted by atomic mass is 16.5. The van der Waals surface area contributed by atoms with E-state index in [1.807, 2.05) is 18.5 Å². The van der Waals surface area contributed by atoms with Crippen molar-refractivity contribution in [3.63, 3.8) is 0 Å². The fraction of sp³-hybridized carbons (Fsp3) is 0.769. The first-order chi connectivity index (χ1) is 8.54. The molecule has 0 aliphatic heterocycles. The van der Waals surface area contributed by atoms with E-state index < -0.39 is 5.97 Å². The molecule has 0 radical (unpaired) electrons. The minimum atomic E-state index is -0.408. The molecule has 0 spiro atoms. The van der Waals surface area contributed by atoms with Gasteiger partial charge >= 0.3 is 5.97 Å². The number of carbonyl (C=O) groups is 1. The molecule has 0 bridgehead atoms. The van der Waals surface area contributed by atoms with Crippen LogP contribution < -0.4 is 0 Å². The molecule has 102 valence electrons. The minimum Gasteiger partial charge on any atom is -0.464 e. The van der Waals surface area contributed by atoms with Gasteiger partial charge in [-0.2, -0.15) is 0 Å². The van der Waals surface area contributed by atoms with Gasteiger partial charge in [-0.1, -0.05) is 45.7 Å². The second-order valence-corrected chi connectivity index (χ2v) is 4.83. The van der Waals surface area contributed by atoms with Gasteiger partial charge in [-0.25, -0.2) is 9.48 Å². The summed E-state index contributed by atoms with van der Waals surface area (Å²) in [7, 11) is 1.37. The summed E-state index contributed by atoms with van der Waals surface area (Å²) in [6.45, 7) is 9.22. The summed E-state index contributed by atoms with van der Waals surface area (Å²) in [6.07, 6.45) is 2.20. The Hall–Kier alpha value is -1.39. The van der Waals surface area contributed by atoms with E-state index in [4.69, 9.17) is 4.74 Å². The first-order valence-electron chi connectivity index (χ1n) is 6.56. The summed E-state index contributed by atoms with van der Waals surface area (Å²) in [5.41, 5.74) is 1.22. The van der Waals surface area contributed by atoms with Crippen molar-refractivity contribution < 1.29 is 9.53 Å². The summed E-state index contributed by atoms with van der Waals surface area (Å²) >= 11 is 0. The SMILES string of the molecule is CCC(CC)Cn1nnc(C(=O)OC)c1C(C)C. The largest absolute Gasteiger partial charge is 0.464 e. The van der Waals surface area contributed by atoms with Crippen molar-refractivity contribution in [1.82, 2.24) is 15.0 Å². The van der Waals surface area contributed by atoms with Crippen LogP contribution in [0.15, 0.2) is 0 Å². The van der Waals surface area contributed by atoms with Crippen molar-refractivity contribution in [2.75, 3.05) is 7.11 Å². The molecule has 0 fully saturated rings. The maximum absolute atomic E-state index is 11.6. The third-order valence-corrected chi connectivity index (χ3v) is 3.28. The lowest BCUT2D eigenvalue weighted by Crippen LogP contribution is -2.15. The molecule has 0 N–H and O–H groups in total. The van der Waals surface area contributed by atoms with Crippen molar-refractivity contribution in [2.45, 2.75) is 53.0 Å². The number of carbonyl (C=O) groups excluding carboxylic acids is 1. The number of esters is 1. The van der Waals surface area contributed by atoms with Crippen LogP contribution in [0.3, 0.4) is 0 Å². The maximum Gasteiger partial charge on any atom is 0.360 e. The molecule has 1 aromatic heterocycles. The lowest BCUT2D eigenvalue weighted by molar-refractivity contribution is 0.0592. The number of ether oxygens (including phenoxy) is 1. The molecule has 5 nitrogen and oxygen atoms in total. The first-order valence-corrected chi connectivity index (χ1v) is 6.56. The van der Waals surface area contributed by atoms with Crippen molar-refractivity contribution in [3.05, 3.63) is 11.4 Å². The summed E-state index contributed by atoms with van der Waals surface area (Å²) < 4.78 is 6.60. The molecule has 18 heavy (non-hydrogen) atoms. The maximum atomic E-state index is 11.6. The topological polar surface area (TPSA) is 57.0 Å². The molecule has 0 saturated heterocycles. The van der Waals surface area contributed by atoms with Gasteiger partial charge in [0.05, 0.1) is 12.8 Å². The number of rotatable bonds is 6. The second-order valence-electron chi connectivity index (χ2n) is 4.83. The Morgan fingerprint density at radius 2 is 1.94 bits per heavy atom. The Kier molecular flexibility index (Phi) is 5.31. The average molecular weight is 253 g/mol. The Morgan fingerprint density at radius 1 is 1.33 bits per heavy atom. The molecule has 0 aliphatic rings. The van der Waals surface area contributed by atoms with Crippen LogP contribution in [0.2, 0.25) is 0 Å². The van der Waals surface area contributed by atoms with Crippen molar-refractivity contribution in [3.8, 4) is 0 Å². The molecular formula is C13H23N3O2. The Morgan fingerprint density at radius 3 is 2.39 bits per heavy atom. The van der Waals surface area contributed by atoms with Crippen LogP contribution in [0.4, 0.5) is 0 Å². The predicted octanol–water partition coefficient (Wildman–Crippen LogP) is 2.62. The van der Waals surface area contributed by atoms with Crippen LogP contribution in [0.5, 0.6) is 0 Å². The van der Waals surface area contributed by atoms with Gasteiger partial charge in [-0.3, -0.25) is 0 Å². The second kappa shape index (κ2) is 6.52. The molecule has 0 saturated carbocycles. The quantitative estimate of drug-likeness (QED) is 0.731. The van der Waals surface area contributed by atoms with E-state index >= 15 is 0 Å². The zero-order valence-corrected chi connectivity index (χ0v) is 11.9. The molecule has 0 aliphatic carbocycles. The highest BCUT2D eigenvalue weighted by Gasteiger charge is 2.23. The van der Waals surface area contributed by atoms with E-state index in [9.17, 15) is 4.79 Å². The van der Waals surface area contributed by atoms with Crippen molar-refractivity contribution in [2.24, 2.45) is 5.92 Å². The van der Waals surface area contributed by atoms with E-state index in [-0.39, 0.29) is 5.92 Å². The molecule has 1 rings (SSSR count). The average Bonchev–Trinajstić information content (AvgIpc) is 2.78. The van der Waals surface area contributed by atoms with Crippen LogP contribution in [-0.2, 0) is 11.3 Å². The van der Waals surface area contributed by atoms with E-state index in [0.717, 1.165) is 25.1 Å². The van der Waals surface area contributed by atoms with Gasteiger partial charge in [0, 0.05) is 6.54 Å². The molecular weight excluding hydrogens is 230 g/mol. The summed E-state index contributed by atoms with van der Waals surface area (Å²) in [5.74, 6) is 0.354. The predicted molar refractivity (Wildman–Crippen MR) is 69.5 cm³/mol. The molecule has 1 aromatic rings. The zero-order chi connectivity index (χ0) is 13.7. The standard InChI is InChI=1S/C13H23N3O2/c1-6-10(7-2)8-16-12(9(3)4)11(14-15-16)13(17)18-5/h9-10H,6-8H2,1-5H3. The van der Waals surface area contributed by atoms with Crippen LogP contribution in [0.25, 0.3) is 0 Å². The van der Waals surface area contributed by atoms with Gasteiger partial charge in [-0.05, 0) is 11.8 Å². The van der Waals surface area contributed by atoms with Crippen molar-refractivity contribution >= 4 is 5.97 Å². The Labute approximate surface area is 109 Å². The number of nitrogens with zero attached hydrogens (tertiary/aromatic N) is 3. The normalized spacial score (nSPS) is 11.3. The van der Waals surface area contributed by atoms with Crippen LogP contribution in [0, 0.1) is 5.92 Å². The number of hydrogen-bond acceptors (Lipinski definition) is 4. The minimum absolute atomic E-state index is 0.198. The van der Waals surface area contributed by atoms with Crippen LogP contribution in [0.1, 0.15) is 62.6 Å². The molecule has 0 unspecified atom stereocenters. The third-order valence-electron chi connectivity index (χ3n) is 3.28. The van der Waals surface area contributed by atoms with Crippen LogP contribution >= 0.6 is 0 Å². The monoisotopic (exact) mass is 253 g/mol. The van der Waals surface area contributed by atoms with Gasteiger partial charge in [0.25, 0.3) is 0 Å². The van der Waals surface area contributed by atoms with Gasteiger partial charge in [0.15, 0.2) is 5.69 Å². The lowest BCUT2D eigenvalue weighted by Gasteiger charge is -2.15. The highest BCUT2D eigenvalue weighted by Crippen LogP contribution is 2.20. The Balaban J connectivity index is 3.05. The van der Waals surface area contributed by atoms with Gasteiger partial charge in [0.2, 0.25) is 0 Å². The van der Waals surface area contributed by atoms with Gasteiger partial charge < -0.3 is 4.74 Å². The molecule has 5 heteroatoms. The fourth-order valence-electron chi connectivity index (χ4n) is 2.06. The van der Waals surface area contributed by atoms with Gasteiger partial charge in [-0.15, -0.1) is 5.10 Å². The number of hydrogen-bond donors (Lipinski definition) is 0. The zero-order valence-electron chi connectivity index (χ0n) is 11.9. The third kappa shape index (κ3) is 3.09. The summed E-state index contributed by atoms with van der Waals surface area (Å²) in [4.78, 5) is 11.6. The number of aromatic nitrogens is 3.